The van der Waals surface area contributed by atoms with Crippen LogP contribution in [0.5, 0.6) is 0 Å². The second-order valence-corrected chi connectivity index (χ2v) is 13.4. The summed E-state index contributed by atoms with van der Waals surface area (Å²) in [5.41, 5.74) is 2.72. The van der Waals surface area contributed by atoms with Gasteiger partial charge in [-0.05, 0) is 67.4 Å². The van der Waals surface area contributed by atoms with Crippen LogP contribution < -0.4 is 0 Å². The first-order chi connectivity index (χ1) is 20.8. The van der Waals surface area contributed by atoms with E-state index < -0.39 is 0 Å². The van der Waals surface area contributed by atoms with Gasteiger partial charge >= 0.3 is 0 Å². The molecule has 0 saturated heterocycles. The van der Waals surface area contributed by atoms with Crippen LogP contribution in [0.3, 0.4) is 0 Å². The van der Waals surface area contributed by atoms with E-state index in [2.05, 4.69) is 133 Å². The van der Waals surface area contributed by atoms with Gasteiger partial charge in [0.1, 0.15) is 0 Å². The molecule has 0 spiro atoms. The van der Waals surface area contributed by atoms with Gasteiger partial charge < -0.3 is 0 Å². The normalized spacial score (nSPS) is 12.3. The SMILES string of the molecule is c1ccc2c(c1)ccc1c(-c3c4ccc5ccccc5c4cc4sc5ccccc5c34)c3c(cc12)sc1ccccc13. The minimum atomic E-state index is 1.28. The number of thiophene rings is 2. The van der Waals surface area contributed by atoms with Crippen molar-refractivity contribution in [1.29, 1.82) is 0 Å². The van der Waals surface area contributed by atoms with Crippen molar-refractivity contribution >= 4 is 106 Å². The van der Waals surface area contributed by atoms with Crippen molar-refractivity contribution in [2.75, 3.05) is 0 Å². The Balaban J connectivity index is 1.55. The maximum Gasteiger partial charge on any atom is 0.0368 e. The van der Waals surface area contributed by atoms with Crippen LogP contribution in [0, 0.1) is 0 Å². The highest BCUT2D eigenvalue weighted by atomic mass is 32.1. The summed E-state index contributed by atoms with van der Waals surface area (Å²) in [5, 5.41) is 15.9. The third kappa shape index (κ3) is 3.01. The molecule has 0 nitrogen and oxygen atoms in total. The van der Waals surface area contributed by atoms with Crippen LogP contribution in [0.1, 0.15) is 0 Å². The first-order valence-corrected chi connectivity index (χ1v) is 16.0. The van der Waals surface area contributed by atoms with E-state index in [4.69, 9.17) is 0 Å². The third-order valence-electron chi connectivity index (χ3n) is 9.03. The number of hydrogen-bond donors (Lipinski definition) is 0. The molecule has 0 fully saturated rings. The van der Waals surface area contributed by atoms with E-state index in [1.165, 1.54) is 94.6 Å². The molecule has 0 aliphatic rings. The molecule has 2 heterocycles. The zero-order valence-electron chi connectivity index (χ0n) is 22.5. The van der Waals surface area contributed by atoms with E-state index in [-0.39, 0.29) is 0 Å². The van der Waals surface area contributed by atoms with Gasteiger partial charge in [0.05, 0.1) is 0 Å². The first-order valence-electron chi connectivity index (χ1n) is 14.4. The molecule has 42 heavy (non-hydrogen) atoms. The van der Waals surface area contributed by atoms with E-state index in [0.29, 0.717) is 0 Å². The molecule has 0 saturated carbocycles. The second-order valence-electron chi connectivity index (χ2n) is 11.2. The molecule has 8 aromatic carbocycles. The summed E-state index contributed by atoms with van der Waals surface area (Å²) < 4.78 is 5.37. The van der Waals surface area contributed by atoms with E-state index in [1.807, 2.05) is 22.7 Å². The smallest absolute Gasteiger partial charge is 0.0368 e. The van der Waals surface area contributed by atoms with Crippen LogP contribution in [0.4, 0.5) is 0 Å². The molecule has 0 radical (unpaired) electrons. The maximum atomic E-state index is 2.45. The lowest BCUT2D eigenvalue weighted by Gasteiger charge is -2.17. The molecule has 0 unspecified atom stereocenters. The predicted octanol–water partition coefficient (Wildman–Crippen LogP) is 12.7. The van der Waals surface area contributed by atoms with Crippen LogP contribution in [0.15, 0.2) is 133 Å². The Hall–Kier alpha value is -4.76. The van der Waals surface area contributed by atoms with Gasteiger partial charge in [-0.15, -0.1) is 22.7 Å². The van der Waals surface area contributed by atoms with Crippen molar-refractivity contribution in [1.82, 2.24) is 0 Å². The molecule has 0 atom stereocenters. The molecule has 0 bridgehead atoms. The van der Waals surface area contributed by atoms with E-state index in [0.717, 1.165) is 0 Å². The Bertz CT molecular complexity index is 2550. The molecule has 10 aromatic rings. The molecule has 0 aliphatic carbocycles. The van der Waals surface area contributed by atoms with Crippen molar-refractivity contribution < 1.29 is 0 Å². The van der Waals surface area contributed by atoms with E-state index in [9.17, 15) is 0 Å². The van der Waals surface area contributed by atoms with Crippen LogP contribution in [-0.2, 0) is 0 Å². The Morgan fingerprint density at radius 1 is 0.286 bits per heavy atom. The Morgan fingerprint density at radius 2 is 0.690 bits per heavy atom. The van der Waals surface area contributed by atoms with Crippen LogP contribution in [0.25, 0.3) is 94.6 Å². The van der Waals surface area contributed by atoms with Gasteiger partial charge in [0.2, 0.25) is 0 Å². The van der Waals surface area contributed by atoms with Crippen molar-refractivity contribution in [3.8, 4) is 11.1 Å². The molecule has 10 rings (SSSR count). The van der Waals surface area contributed by atoms with Crippen LogP contribution in [-0.4, -0.2) is 0 Å². The minimum Gasteiger partial charge on any atom is -0.135 e. The molecule has 2 heteroatoms. The van der Waals surface area contributed by atoms with E-state index in [1.54, 1.807) is 0 Å². The summed E-state index contributed by atoms with van der Waals surface area (Å²) >= 11 is 3.83. The number of benzene rings is 8. The molecular weight excluding hydrogens is 545 g/mol. The average molecular weight is 567 g/mol. The third-order valence-corrected chi connectivity index (χ3v) is 11.3. The average Bonchev–Trinajstić information content (AvgIpc) is 3.60. The molecule has 2 aromatic heterocycles. The highest BCUT2D eigenvalue weighted by Crippen LogP contribution is 2.52. The van der Waals surface area contributed by atoms with Gasteiger partial charge in [0, 0.05) is 51.5 Å². The van der Waals surface area contributed by atoms with Gasteiger partial charge in [0.25, 0.3) is 0 Å². The summed E-state index contributed by atoms with van der Waals surface area (Å²) in [6.45, 7) is 0. The fourth-order valence-electron chi connectivity index (χ4n) is 7.24. The number of hydrogen-bond acceptors (Lipinski definition) is 2. The summed E-state index contributed by atoms with van der Waals surface area (Å²) in [6, 6.07) is 49.8. The van der Waals surface area contributed by atoms with Gasteiger partial charge in [-0.25, -0.2) is 0 Å². The summed E-state index contributed by atoms with van der Waals surface area (Å²) in [4.78, 5) is 0. The van der Waals surface area contributed by atoms with Crippen molar-refractivity contribution in [2.24, 2.45) is 0 Å². The standard InChI is InChI=1S/C40H22S2/c1-3-11-25-23(9-1)17-19-27-31(25)21-35-37(29-13-5-7-15-33(29)41-35)39(27)40-28-20-18-24-10-2-4-12-26(24)32(28)22-36-38(40)30-14-6-8-16-34(30)42-36/h1-22H. The zero-order chi connectivity index (χ0) is 27.4. The lowest BCUT2D eigenvalue weighted by Crippen LogP contribution is -1.89. The summed E-state index contributed by atoms with van der Waals surface area (Å²) in [5.74, 6) is 0. The van der Waals surface area contributed by atoms with Gasteiger partial charge in [-0.2, -0.15) is 0 Å². The first kappa shape index (κ1) is 22.9. The lowest BCUT2D eigenvalue weighted by atomic mass is 9.85. The van der Waals surface area contributed by atoms with Crippen LogP contribution >= 0.6 is 22.7 Å². The Morgan fingerprint density at radius 3 is 1.17 bits per heavy atom. The number of rotatable bonds is 1. The highest BCUT2D eigenvalue weighted by Gasteiger charge is 2.22. The zero-order valence-corrected chi connectivity index (χ0v) is 24.2. The predicted molar refractivity (Wildman–Crippen MR) is 188 cm³/mol. The van der Waals surface area contributed by atoms with Crippen molar-refractivity contribution in [3.05, 3.63) is 133 Å². The van der Waals surface area contributed by atoms with E-state index >= 15 is 0 Å². The monoisotopic (exact) mass is 566 g/mol. The van der Waals surface area contributed by atoms with Gasteiger partial charge in [0.15, 0.2) is 0 Å². The fourth-order valence-corrected chi connectivity index (χ4v) is 9.55. The Labute approximate surface area is 249 Å². The van der Waals surface area contributed by atoms with Crippen molar-refractivity contribution in [3.63, 3.8) is 0 Å². The number of fused-ring (bicyclic) bond motifs is 12. The molecule has 0 amide bonds. The largest absolute Gasteiger partial charge is 0.135 e. The topological polar surface area (TPSA) is 0 Å². The molecular formula is C40H22S2. The second kappa shape index (κ2) is 8.39. The maximum absolute atomic E-state index is 2.45. The highest BCUT2D eigenvalue weighted by molar-refractivity contribution is 7.26. The summed E-state index contributed by atoms with van der Waals surface area (Å²) in [7, 11) is 0. The Kier molecular flexibility index (Phi) is 4.57. The van der Waals surface area contributed by atoms with Crippen LogP contribution in [0.2, 0.25) is 0 Å². The molecule has 0 aliphatic heterocycles. The fraction of sp³-hybridized carbons (Fsp3) is 0. The molecule has 194 valence electrons. The minimum absolute atomic E-state index is 1.28. The summed E-state index contributed by atoms with van der Waals surface area (Å²) in [6.07, 6.45) is 0. The molecule has 0 N–H and O–H groups in total. The quantitative estimate of drug-likeness (QED) is 0.173. The van der Waals surface area contributed by atoms with Gasteiger partial charge in [-0.3, -0.25) is 0 Å². The van der Waals surface area contributed by atoms with Gasteiger partial charge in [-0.1, -0.05) is 109 Å². The van der Waals surface area contributed by atoms with Crippen molar-refractivity contribution in [2.45, 2.75) is 0 Å². The lowest BCUT2D eigenvalue weighted by molar-refractivity contribution is 1.78.